The molecule has 1 heterocycles. The molecule has 0 aliphatic carbocycles. The molecule has 0 amide bonds. The van der Waals surface area contributed by atoms with E-state index in [9.17, 15) is 0 Å². The average Bonchev–Trinajstić information content (AvgIpc) is 1.90. The lowest BCUT2D eigenvalue weighted by molar-refractivity contribution is 0.365. The van der Waals surface area contributed by atoms with E-state index in [2.05, 4.69) is 4.81 Å². The van der Waals surface area contributed by atoms with Crippen molar-refractivity contribution in [3.63, 3.8) is 0 Å². The molecule has 1 fully saturated rings. The maximum Gasteiger partial charge on any atom is 0.313 e. The third-order valence-corrected chi connectivity index (χ3v) is 1.96. The summed E-state index contributed by atoms with van der Waals surface area (Å²) in [6.45, 7) is 3.15. The lowest BCUT2D eigenvalue weighted by atomic mass is 10.1. The molecule has 0 spiro atoms. The second kappa shape index (κ2) is 3.36. The second-order valence-electron chi connectivity index (χ2n) is 2.30. The van der Waals surface area contributed by atoms with Crippen molar-refractivity contribution in [2.24, 2.45) is 0 Å². The number of halogens is 1. The first-order valence-electron chi connectivity index (χ1n) is 3.22. The highest BCUT2D eigenvalue weighted by atomic mass is 35.5. The Morgan fingerprint density at radius 3 is 2.12 bits per heavy atom. The van der Waals surface area contributed by atoms with E-state index >= 15 is 0 Å². The summed E-state index contributed by atoms with van der Waals surface area (Å²) in [7, 11) is 0. The summed E-state index contributed by atoms with van der Waals surface area (Å²) in [5.41, 5.74) is 0. The van der Waals surface area contributed by atoms with Gasteiger partial charge in [-0.05, 0) is 25.9 Å². The Hall–Kier alpha value is 0.315. The van der Waals surface area contributed by atoms with Crippen LogP contribution in [0.5, 0.6) is 0 Å². The molecule has 0 unspecified atom stereocenters. The highest BCUT2D eigenvalue weighted by Gasteiger charge is 2.07. The first-order valence-corrected chi connectivity index (χ1v) is 3.75. The van der Waals surface area contributed by atoms with Crippen molar-refractivity contribution in [1.29, 1.82) is 0 Å². The third-order valence-electron chi connectivity index (χ3n) is 1.62. The molecule has 1 rings (SSSR count). The van der Waals surface area contributed by atoms with Gasteiger partial charge in [0.2, 0.25) is 0 Å². The predicted molar refractivity (Wildman–Crippen MR) is 38.4 cm³/mol. The van der Waals surface area contributed by atoms with E-state index in [1.54, 1.807) is 0 Å². The van der Waals surface area contributed by atoms with Gasteiger partial charge in [0, 0.05) is 0 Å². The normalized spacial score (nSPS) is 23.1. The van der Waals surface area contributed by atoms with E-state index in [1.807, 2.05) is 0 Å². The molecule has 3 heteroatoms. The highest BCUT2D eigenvalue weighted by Crippen LogP contribution is 2.06. The van der Waals surface area contributed by atoms with Crippen LogP contribution in [0.3, 0.4) is 0 Å². The Labute approximate surface area is 56.2 Å². The van der Waals surface area contributed by atoms with Crippen LogP contribution in [-0.2, 0) is 0 Å². The minimum atomic E-state index is 0.722. The van der Waals surface area contributed by atoms with Gasteiger partial charge in [-0.3, -0.25) is 0 Å². The van der Waals surface area contributed by atoms with Gasteiger partial charge >= 0.3 is 6.83 Å². The SMILES string of the molecule is ClBN1CCCCC1. The first kappa shape index (κ1) is 6.44. The van der Waals surface area contributed by atoms with E-state index in [0.29, 0.717) is 0 Å². The molecule has 46 valence electrons. The Morgan fingerprint density at radius 2 is 1.75 bits per heavy atom. The molecule has 1 aliphatic rings. The fraction of sp³-hybridized carbons (Fsp3) is 1.00. The Balaban J connectivity index is 2.13. The number of rotatable bonds is 1. The van der Waals surface area contributed by atoms with Crippen LogP contribution in [0.2, 0.25) is 0 Å². The van der Waals surface area contributed by atoms with Crippen LogP contribution < -0.4 is 0 Å². The topological polar surface area (TPSA) is 3.24 Å². The zero-order valence-electron chi connectivity index (χ0n) is 5.07. The molecule has 1 aliphatic heterocycles. The predicted octanol–water partition coefficient (Wildman–Crippen LogP) is 0.978. The van der Waals surface area contributed by atoms with Crippen LogP contribution in [0.4, 0.5) is 0 Å². The Morgan fingerprint density at radius 1 is 1.12 bits per heavy atom. The largest absolute Gasteiger partial charge is 0.331 e. The highest BCUT2D eigenvalue weighted by molar-refractivity contribution is 6.92. The van der Waals surface area contributed by atoms with Gasteiger partial charge in [-0.1, -0.05) is 6.42 Å². The van der Waals surface area contributed by atoms with E-state index in [-0.39, 0.29) is 0 Å². The summed E-state index contributed by atoms with van der Waals surface area (Å²) in [6, 6.07) is 0. The van der Waals surface area contributed by atoms with Crippen LogP contribution in [0.1, 0.15) is 19.3 Å². The fourth-order valence-electron chi connectivity index (χ4n) is 1.08. The molecule has 0 aromatic rings. The first-order chi connectivity index (χ1) is 3.93. The fourth-order valence-corrected chi connectivity index (χ4v) is 1.32. The van der Waals surface area contributed by atoms with Gasteiger partial charge in [0.15, 0.2) is 0 Å². The van der Waals surface area contributed by atoms with Crippen molar-refractivity contribution in [3.05, 3.63) is 0 Å². The summed E-state index contributed by atoms with van der Waals surface area (Å²) in [6.07, 6.45) is 4.08. The third kappa shape index (κ3) is 1.68. The van der Waals surface area contributed by atoms with Gasteiger partial charge in [-0.15, -0.1) is 0 Å². The summed E-state index contributed by atoms with van der Waals surface area (Å²) in [5.74, 6) is 0. The molecule has 1 nitrogen and oxygen atoms in total. The molecular formula is C5H11BClN. The van der Waals surface area contributed by atoms with Crippen molar-refractivity contribution in [2.75, 3.05) is 13.1 Å². The monoisotopic (exact) mass is 131 g/mol. The van der Waals surface area contributed by atoms with E-state index in [1.165, 1.54) is 32.4 Å². The Kier molecular flexibility index (Phi) is 2.70. The number of hydrogen-bond donors (Lipinski definition) is 0. The Bertz CT molecular complexity index is 63.4. The molecule has 1 saturated heterocycles. The van der Waals surface area contributed by atoms with Crippen LogP contribution in [0.15, 0.2) is 0 Å². The number of piperidine rings is 1. The summed E-state index contributed by atoms with van der Waals surface area (Å²) < 4.78 is 0. The molecule has 0 N–H and O–H groups in total. The van der Waals surface area contributed by atoms with Crippen LogP contribution >= 0.6 is 11.5 Å². The zero-order chi connectivity index (χ0) is 5.82. The molecule has 0 aromatic carbocycles. The minimum absolute atomic E-state index is 0.722. The summed E-state index contributed by atoms with van der Waals surface area (Å²) >= 11 is 5.61. The van der Waals surface area contributed by atoms with E-state index in [0.717, 1.165) is 6.83 Å². The lowest BCUT2D eigenvalue weighted by Crippen LogP contribution is -2.30. The van der Waals surface area contributed by atoms with Crippen molar-refractivity contribution in [2.45, 2.75) is 19.3 Å². The molecule has 0 aromatic heterocycles. The quantitative estimate of drug-likeness (QED) is 0.480. The maximum absolute atomic E-state index is 5.61. The number of nitrogens with zero attached hydrogens (tertiary/aromatic N) is 1. The molecule has 0 atom stereocenters. The van der Waals surface area contributed by atoms with E-state index < -0.39 is 0 Å². The van der Waals surface area contributed by atoms with Crippen LogP contribution in [0.25, 0.3) is 0 Å². The minimum Gasteiger partial charge on any atom is -0.331 e. The van der Waals surface area contributed by atoms with Gasteiger partial charge in [0.05, 0.1) is 0 Å². The zero-order valence-corrected chi connectivity index (χ0v) is 5.82. The molecule has 8 heavy (non-hydrogen) atoms. The van der Waals surface area contributed by atoms with Crippen LogP contribution in [-0.4, -0.2) is 24.7 Å². The van der Waals surface area contributed by atoms with Crippen molar-refractivity contribution >= 4 is 18.3 Å². The van der Waals surface area contributed by atoms with E-state index in [4.69, 9.17) is 11.5 Å². The second-order valence-corrected chi connectivity index (χ2v) is 2.54. The molecule has 0 radical (unpaired) electrons. The maximum atomic E-state index is 5.61. The van der Waals surface area contributed by atoms with Crippen molar-refractivity contribution in [1.82, 2.24) is 4.81 Å². The van der Waals surface area contributed by atoms with Gasteiger partial charge in [0.25, 0.3) is 0 Å². The average molecular weight is 131 g/mol. The van der Waals surface area contributed by atoms with Crippen LogP contribution in [0, 0.1) is 0 Å². The van der Waals surface area contributed by atoms with Crippen molar-refractivity contribution in [3.8, 4) is 0 Å². The van der Waals surface area contributed by atoms with Gasteiger partial charge < -0.3 is 4.81 Å². The molecule has 0 saturated carbocycles. The number of hydrogen-bond acceptors (Lipinski definition) is 1. The van der Waals surface area contributed by atoms with Gasteiger partial charge in [-0.25, -0.2) is 0 Å². The lowest BCUT2D eigenvalue weighted by Gasteiger charge is -2.22. The van der Waals surface area contributed by atoms with Gasteiger partial charge in [0.1, 0.15) is 0 Å². The summed E-state index contributed by atoms with van der Waals surface area (Å²) in [4.78, 5) is 2.28. The standard InChI is InChI=1S/C5H11BClN/c7-6-8-4-2-1-3-5-8/h6H,1-5H2. The molecule has 0 bridgehead atoms. The van der Waals surface area contributed by atoms with Gasteiger partial charge in [-0.2, -0.15) is 11.5 Å². The molecular weight excluding hydrogens is 120 g/mol. The summed E-state index contributed by atoms with van der Waals surface area (Å²) in [5, 5.41) is 0. The van der Waals surface area contributed by atoms with Crippen molar-refractivity contribution < 1.29 is 0 Å². The smallest absolute Gasteiger partial charge is 0.313 e.